The van der Waals surface area contributed by atoms with Gasteiger partial charge in [-0.25, -0.2) is 4.39 Å². The monoisotopic (exact) mass is 386 g/mol. The van der Waals surface area contributed by atoms with Crippen molar-refractivity contribution in [2.45, 2.75) is 26.3 Å². The number of hydrogen-bond acceptors (Lipinski definition) is 4. The van der Waals surface area contributed by atoms with E-state index in [1.54, 1.807) is 13.8 Å². The van der Waals surface area contributed by atoms with Crippen molar-refractivity contribution in [1.82, 2.24) is 10.2 Å². The molecule has 0 unspecified atom stereocenters. The highest BCUT2D eigenvalue weighted by Crippen LogP contribution is 2.41. The minimum atomic E-state index is -4.84. The zero-order valence-electron chi connectivity index (χ0n) is 14.1. The number of ether oxygens (including phenoxy) is 1. The number of alkyl halides is 3. The van der Waals surface area contributed by atoms with Crippen molar-refractivity contribution in [3.63, 3.8) is 0 Å². The van der Waals surface area contributed by atoms with Gasteiger partial charge in [0.15, 0.2) is 0 Å². The Morgan fingerprint density at radius 2 is 1.84 bits per heavy atom. The molecule has 1 fully saturated rings. The van der Waals surface area contributed by atoms with E-state index in [0.717, 1.165) is 18.2 Å². The predicted octanol–water partition coefficient (Wildman–Crippen LogP) is 3.11. The van der Waals surface area contributed by atoms with Gasteiger partial charge < -0.3 is 15.2 Å². The van der Waals surface area contributed by atoms with Gasteiger partial charge in [-0.1, -0.05) is 13.8 Å². The number of nitrogens with one attached hydrogen (secondary N) is 1. The summed E-state index contributed by atoms with van der Waals surface area (Å²) in [6.45, 7) is 5.89. The molecule has 0 aliphatic carbocycles. The number of rotatable bonds is 5. The van der Waals surface area contributed by atoms with Crippen LogP contribution in [0.5, 0.6) is 5.75 Å². The number of benzene rings is 1. The molecule has 4 nitrogen and oxygen atoms in total. The molecule has 9 heteroatoms. The molecule has 1 aromatic carbocycles. The number of halogens is 5. The maximum atomic E-state index is 14.4. The van der Waals surface area contributed by atoms with E-state index in [1.807, 2.05) is 4.90 Å². The molecule has 2 N–H and O–H groups in total. The lowest BCUT2D eigenvalue weighted by Gasteiger charge is -2.43. The highest BCUT2D eigenvalue weighted by atomic mass is 35.5. The summed E-state index contributed by atoms with van der Waals surface area (Å²) in [5, 5.41) is 12.9. The first-order valence-corrected chi connectivity index (χ1v) is 7.75. The van der Waals surface area contributed by atoms with Crippen molar-refractivity contribution in [3.05, 3.63) is 29.6 Å². The van der Waals surface area contributed by atoms with Crippen LogP contribution in [0.25, 0.3) is 0 Å². The van der Waals surface area contributed by atoms with Gasteiger partial charge in [-0.2, -0.15) is 0 Å². The molecule has 1 aliphatic rings. The van der Waals surface area contributed by atoms with Gasteiger partial charge in [-0.15, -0.1) is 25.6 Å². The van der Waals surface area contributed by atoms with E-state index in [2.05, 4.69) is 10.1 Å². The number of aliphatic hydroxyl groups is 1. The van der Waals surface area contributed by atoms with Crippen LogP contribution in [0.1, 0.15) is 25.5 Å². The van der Waals surface area contributed by atoms with Crippen molar-refractivity contribution in [1.29, 1.82) is 0 Å². The Hall–Kier alpha value is -1.09. The zero-order chi connectivity index (χ0) is 18.0. The molecule has 0 bridgehead atoms. The van der Waals surface area contributed by atoms with Crippen molar-refractivity contribution < 1.29 is 27.4 Å². The summed E-state index contributed by atoms with van der Waals surface area (Å²) in [6, 6.07) is 2.43. The van der Waals surface area contributed by atoms with E-state index in [0.29, 0.717) is 26.2 Å². The molecule has 1 atom stereocenters. The molecule has 1 aromatic rings. The van der Waals surface area contributed by atoms with Gasteiger partial charge in [-0.05, 0) is 18.2 Å². The van der Waals surface area contributed by atoms with Crippen molar-refractivity contribution in [3.8, 4) is 5.75 Å². The molecule has 0 aromatic heterocycles. The molecule has 2 rings (SSSR count). The zero-order valence-corrected chi connectivity index (χ0v) is 14.9. The lowest BCUT2D eigenvalue weighted by molar-refractivity contribution is -0.274. The van der Waals surface area contributed by atoms with Crippen LogP contribution in [0.2, 0.25) is 0 Å². The highest BCUT2D eigenvalue weighted by Gasteiger charge is 2.38. The van der Waals surface area contributed by atoms with Gasteiger partial charge in [0.05, 0.1) is 0 Å². The lowest BCUT2D eigenvalue weighted by Crippen LogP contribution is -2.49. The fourth-order valence-electron chi connectivity index (χ4n) is 3.07. The number of aliphatic hydroxyl groups excluding tert-OH is 1. The Morgan fingerprint density at radius 1 is 1.24 bits per heavy atom. The average Bonchev–Trinajstić information content (AvgIpc) is 2.50. The normalized spacial score (nSPS) is 17.7. The maximum absolute atomic E-state index is 14.4. The third-order valence-corrected chi connectivity index (χ3v) is 4.16. The van der Waals surface area contributed by atoms with Gasteiger partial charge >= 0.3 is 6.36 Å². The van der Waals surface area contributed by atoms with Crippen molar-refractivity contribution in [2.24, 2.45) is 5.41 Å². The lowest BCUT2D eigenvalue weighted by atomic mass is 9.79. The summed E-state index contributed by atoms with van der Waals surface area (Å²) in [5.41, 5.74) is -0.646. The Morgan fingerprint density at radius 3 is 2.36 bits per heavy atom. The van der Waals surface area contributed by atoms with E-state index in [9.17, 15) is 22.7 Å². The van der Waals surface area contributed by atoms with Crippen molar-refractivity contribution >= 4 is 12.4 Å². The number of piperazine rings is 1. The third kappa shape index (κ3) is 5.70. The standard InChI is InChI=1S/C16H22F4N2O2.ClH/c1-15(2,10-23)14(22-7-5-21-6-8-22)12-9-11(3-4-13(12)17)24-16(18,19)20;/h3-4,9,14,21,23H,5-8,10H2,1-2H3;1H/t14-;/m1./s1. The summed E-state index contributed by atoms with van der Waals surface area (Å²) < 4.78 is 55.7. The van der Waals surface area contributed by atoms with Crippen LogP contribution in [-0.2, 0) is 0 Å². The van der Waals surface area contributed by atoms with Crippen LogP contribution >= 0.6 is 12.4 Å². The Labute approximate surface area is 150 Å². The molecule has 1 aliphatic heterocycles. The molecule has 1 heterocycles. The van der Waals surface area contributed by atoms with Gasteiger partial charge in [0, 0.05) is 49.8 Å². The van der Waals surface area contributed by atoms with Crippen LogP contribution in [0.15, 0.2) is 18.2 Å². The molecular formula is C16H23ClF4N2O2. The highest BCUT2D eigenvalue weighted by molar-refractivity contribution is 5.85. The van der Waals surface area contributed by atoms with Crippen molar-refractivity contribution in [2.75, 3.05) is 32.8 Å². The van der Waals surface area contributed by atoms with Crippen LogP contribution in [0.4, 0.5) is 17.6 Å². The third-order valence-electron chi connectivity index (χ3n) is 4.16. The summed E-state index contributed by atoms with van der Waals surface area (Å²) >= 11 is 0. The first-order chi connectivity index (χ1) is 11.1. The second-order valence-electron chi connectivity index (χ2n) is 6.57. The molecule has 25 heavy (non-hydrogen) atoms. The van der Waals surface area contributed by atoms with Gasteiger partial charge in [0.2, 0.25) is 0 Å². The first-order valence-electron chi connectivity index (χ1n) is 7.75. The van der Waals surface area contributed by atoms with E-state index in [1.165, 1.54) is 0 Å². The van der Waals surface area contributed by atoms with Crippen LogP contribution in [-0.4, -0.2) is 49.2 Å². The second kappa shape index (κ2) is 8.53. The smallest absolute Gasteiger partial charge is 0.406 e. The Balaban J connectivity index is 0.00000312. The fraction of sp³-hybridized carbons (Fsp3) is 0.625. The van der Waals surface area contributed by atoms with Crippen LogP contribution in [0, 0.1) is 11.2 Å². The summed E-state index contributed by atoms with van der Waals surface area (Å²) in [5.74, 6) is -1.08. The number of nitrogens with zero attached hydrogens (tertiary/aromatic N) is 1. The minimum absolute atomic E-state index is 0. The fourth-order valence-corrected chi connectivity index (χ4v) is 3.07. The molecular weight excluding hydrogens is 364 g/mol. The van der Waals surface area contributed by atoms with E-state index in [-0.39, 0.29) is 24.6 Å². The van der Waals surface area contributed by atoms with E-state index >= 15 is 0 Å². The van der Waals surface area contributed by atoms with Gasteiger partial charge in [0.25, 0.3) is 0 Å². The summed E-state index contributed by atoms with van der Waals surface area (Å²) in [7, 11) is 0. The summed E-state index contributed by atoms with van der Waals surface area (Å²) in [6.07, 6.45) is -4.84. The molecule has 1 saturated heterocycles. The molecule has 0 radical (unpaired) electrons. The van der Waals surface area contributed by atoms with Crippen LogP contribution < -0.4 is 10.1 Å². The largest absolute Gasteiger partial charge is 0.573 e. The summed E-state index contributed by atoms with van der Waals surface area (Å²) in [4.78, 5) is 1.97. The second-order valence-corrected chi connectivity index (χ2v) is 6.57. The number of hydrogen-bond donors (Lipinski definition) is 2. The van der Waals surface area contributed by atoms with Gasteiger partial charge in [-0.3, -0.25) is 4.90 Å². The topological polar surface area (TPSA) is 44.7 Å². The minimum Gasteiger partial charge on any atom is -0.406 e. The molecule has 0 saturated carbocycles. The Kier molecular flexibility index (Phi) is 7.49. The maximum Gasteiger partial charge on any atom is 0.573 e. The predicted molar refractivity (Wildman–Crippen MR) is 88.4 cm³/mol. The van der Waals surface area contributed by atoms with E-state index in [4.69, 9.17) is 0 Å². The average molecular weight is 387 g/mol. The first kappa shape index (κ1) is 22.0. The SMILES string of the molecule is CC(C)(CO)[C@@H](c1cc(OC(F)(F)F)ccc1F)N1CCNCC1.Cl. The molecule has 0 spiro atoms. The Bertz CT molecular complexity index is 564. The van der Waals surface area contributed by atoms with E-state index < -0.39 is 29.4 Å². The van der Waals surface area contributed by atoms with Gasteiger partial charge in [0.1, 0.15) is 11.6 Å². The quantitative estimate of drug-likeness (QED) is 0.763. The molecule has 144 valence electrons. The molecule has 0 amide bonds. The van der Waals surface area contributed by atoms with Crippen LogP contribution in [0.3, 0.4) is 0 Å².